The minimum Gasteiger partial charge on any atom is -0.352 e. The monoisotopic (exact) mass is 354 g/mol. The van der Waals surface area contributed by atoms with Gasteiger partial charge in [0.05, 0.1) is 4.92 Å². The minimum absolute atomic E-state index is 0.118. The number of rotatable bonds is 6. The van der Waals surface area contributed by atoms with Gasteiger partial charge in [0.15, 0.2) is 0 Å². The van der Waals surface area contributed by atoms with Crippen LogP contribution in [0.2, 0.25) is 0 Å². The van der Waals surface area contributed by atoms with Crippen LogP contribution in [-0.2, 0) is 6.54 Å². The van der Waals surface area contributed by atoms with Gasteiger partial charge in [-0.25, -0.2) is 0 Å². The molecule has 0 radical (unpaired) electrons. The van der Waals surface area contributed by atoms with Gasteiger partial charge >= 0.3 is 0 Å². The number of nitro groups is 1. The van der Waals surface area contributed by atoms with Gasteiger partial charge in [-0.3, -0.25) is 24.8 Å². The predicted molar refractivity (Wildman–Crippen MR) is 97.7 cm³/mol. The first kappa shape index (κ1) is 18.0. The Morgan fingerprint density at radius 2 is 1.88 bits per heavy atom. The fourth-order valence-electron chi connectivity index (χ4n) is 3.25. The Labute approximate surface area is 152 Å². The molecule has 136 valence electrons. The van der Waals surface area contributed by atoms with Gasteiger partial charge in [-0.15, -0.1) is 0 Å². The lowest BCUT2D eigenvalue weighted by molar-refractivity contribution is -0.385. The SMILES string of the molecule is O=C(NCC1CCN(Cc2ccncc2)CC1)c1ccccc1[N+](=O)[O-]. The summed E-state index contributed by atoms with van der Waals surface area (Å²) in [6, 6.07) is 10.1. The van der Waals surface area contributed by atoms with Crippen molar-refractivity contribution < 1.29 is 9.72 Å². The molecule has 1 aromatic heterocycles. The number of carbonyl (C=O) groups is 1. The average Bonchev–Trinajstić information content (AvgIpc) is 2.68. The van der Waals surface area contributed by atoms with E-state index in [-0.39, 0.29) is 17.2 Å². The first-order valence-electron chi connectivity index (χ1n) is 8.76. The highest BCUT2D eigenvalue weighted by Gasteiger charge is 2.22. The predicted octanol–water partition coefficient (Wildman–Crippen LogP) is 2.63. The third-order valence-corrected chi connectivity index (χ3v) is 4.76. The zero-order chi connectivity index (χ0) is 18.4. The van der Waals surface area contributed by atoms with Crippen LogP contribution in [0, 0.1) is 16.0 Å². The first-order valence-corrected chi connectivity index (χ1v) is 8.76. The Hall–Kier alpha value is -2.80. The van der Waals surface area contributed by atoms with Crippen molar-refractivity contribution in [1.29, 1.82) is 0 Å². The number of para-hydroxylation sites is 1. The van der Waals surface area contributed by atoms with Crippen LogP contribution in [-0.4, -0.2) is 40.3 Å². The van der Waals surface area contributed by atoms with Gasteiger partial charge in [-0.2, -0.15) is 0 Å². The topological polar surface area (TPSA) is 88.4 Å². The van der Waals surface area contributed by atoms with E-state index in [9.17, 15) is 14.9 Å². The van der Waals surface area contributed by atoms with Crippen molar-refractivity contribution in [3.8, 4) is 0 Å². The third-order valence-electron chi connectivity index (χ3n) is 4.76. The number of hydrogen-bond acceptors (Lipinski definition) is 5. The second-order valence-electron chi connectivity index (χ2n) is 6.56. The number of nitrogens with zero attached hydrogens (tertiary/aromatic N) is 3. The molecule has 1 fully saturated rings. The number of piperidine rings is 1. The zero-order valence-electron chi connectivity index (χ0n) is 14.5. The number of nitrogens with one attached hydrogen (secondary N) is 1. The van der Waals surface area contributed by atoms with E-state index in [1.54, 1.807) is 24.5 Å². The van der Waals surface area contributed by atoms with Crippen LogP contribution in [0.4, 0.5) is 5.69 Å². The summed E-state index contributed by atoms with van der Waals surface area (Å²) in [7, 11) is 0. The van der Waals surface area contributed by atoms with Crippen LogP contribution in [0.1, 0.15) is 28.8 Å². The molecule has 26 heavy (non-hydrogen) atoms. The maximum Gasteiger partial charge on any atom is 0.282 e. The van der Waals surface area contributed by atoms with Crippen molar-refractivity contribution in [2.75, 3.05) is 19.6 Å². The number of aromatic nitrogens is 1. The van der Waals surface area contributed by atoms with Crippen LogP contribution in [0.15, 0.2) is 48.8 Å². The van der Waals surface area contributed by atoms with Gasteiger partial charge in [0.25, 0.3) is 11.6 Å². The Morgan fingerprint density at radius 1 is 1.19 bits per heavy atom. The fourth-order valence-corrected chi connectivity index (χ4v) is 3.25. The number of pyridine rings is 1. The smallest absolute Gasteiger partial charge is 0.282 e. The minimum atomic E-state index is -0.521. The van der Waals surface area contributed by atoms with Gasteiger partial charge in [0.2, 0.25) is 0 Å². The summed E-state index contributed by atoms with van der Waals surface area (Å²) in [6.45, 7) is 3.43. The number of carbonyl (C=O) groups excluding carboxylic acids is 1. The first-order chi connectivity index (χ1) is 12.6. The van der Waals surface area contributed by atoms with Crippen LogP contribution in [0.3, 0.4) is 0 Å². The number of nitro benzene ring substituents is 1. The van der Waals surface area contributed by atoms with E-state index >= 15 is 0 Å². The van der Waals surface area contributed by atoms with E-state index in [4.69, 9.17) is 0 Å². The lowest BCUT2D eigenvalue weighted by Crippen LogP contribution is -2.38. The molecule has 0 spiro atoms. The molecular weight excluding hydrogens is 332 g/mol. The molecule has 0 aliphatic carbocycles. The molecule has 0 unspecified atom stereocenters. The van der Waals surface area contributed by atoms with Crippen molar-refractivity contribution in [1.82, 2.24) is 15.2 Å². The van der Waals surface area contributed by atoms with E-state index in [2.05, 4.69) is 15.2 Å². The van der Waals surface area contributed by atoms with E-state index in [0.29, 0.717) is 12.5 Å². The molecule has 1 aromatic carbocycles. The Kier molecular flexibility index (Phi) is 5.91. The average molecular weight is 354 g/mol. The summed E-state index contributed by atoms with van der Waals surface area (Å²) >= 11 is 0. The Balaban J connectivity index is 1.47. The van der Waals surface area contributed by atoms with Gasteiger partial charge in [-0.1, -0.05) is 12.1 Å². The van der Waals surface area contributed by atoms with Crippen LogP contribution < -0.4 is 5.32 Å². The van der Waals surface area contributed by atoms with E-state index in [1.165, 1.54) is 17.7 Å². The molecule has 3 rings (SSSR count). The second-order valence-corrected chi connectivity index (χ2v) is 6.56. The normalized spacial score (nSPS) is 15.5. The molecule has 7 heteroatoms. The Morgan fingerprint density at radius 3 is 2.58 bits per heavy atom. The lowest BCUT2D eigenvalue weighted by atomic mass is 9.96. The molecule has 0 bridgehead atoms. The molecule has 1 aliphatic heterocycles. The number of hydrogen-bond donors (Lipinski definition) is 1. The molecule has 0 saturated carbocycles. The molecule has 1 saturated heterocycles. The highest BCUT2D eigenvalue weighted by Crippen LogP contribution is 2.20. The van der Waals surface area contributed by atoms with Gasteiger partial charge in [0, 0.05) is 31.5 Å². The highest BCUT2D eigenvalue weighted by atomic mass is 16.6. The summed E-state index contributed by atoms with van der Waals surface area (Å²) in [5, 5.41) is 13.9. The molecule has 7 nitrogen and oxygen atoms in total. The largest absolute Gasteiger partial charge is 0.352 e. The molecule has 2 aromatic rings. The van der Waals surface area contributed by atoms with Gasteiger partial charge in [-0.05, 0) is 55.6 Å². The molecule has 1 aliphatic rings. The summed E-state index contributed by atoms with van der Waals surface area (Å²) < 4.78 is 0. The fraction of sp³-hybridized carbons (Fsp3) is 0.368. The summed E-state index contributed by atoms with van der Waals surface area (Å²) in [5.41, 5.74) is 1.22. The molecule has 1 N–H and O–H groups in total. The van der Waals surface area contributed by atoms with Crippen LogP contribution >= 0.6 is 0 Å². The van der Waals surface area contributed by atoms with Crippen molar-refractivity contribution in [3.63, 3.8) is 0 Å². The van der Waals surface area contributed by atoms with Crippen molar-refractivity contribution in [2.24, 2.45) is 5.92 Å². The Bertz CT molecular complexity index is 758. The number of likely N-dealkylation sites (tertiary alicyclic amines) is 1. The zero-order valence-corrected chi connectivity index (χ0v) is 14.5. The number of benzene rings is 1. The van der Waals surface area contributed by atoms with Crippen molar-refractivity contribution >= 4 is 11.6 Å². The maximum absolute atomic E-state index is 12.3. The molecule has 0 atom stereocenters. The van der Waals surface area contributed by atoms with E-state index in [0.717, 1.165) is 32.5 Å². The standard InChI is InChI=1S/C19H22N4O3/c24-19(17-3-1-2-4-18(17)23(25)26)21-13-15-7-11-22(12-8-15)14-16-5-9-20-10-6-16/h1-6,9-10,15H,7-8,11-14H2,(H,21,24). The number of amides is 1. The van der Waals surface area contributed by atoms with E-state index < -0.39 is 4.92 Å². The lowest BCUT2D eigenvalue weighted by Gasteiger charge is -2.32. The summed E-state index contributed by atoms with van der Waals surface area (Å²) in [6.07, 6.45) is 5.62. The van der Waals surface area contributed by atoms with Crippen LogP contribution in [0.25, 0.3) is 0 Å². The quantitative estimate of drug-likeness (QED) is 0.636. The molecule has 1 amide bonds. The van der Waals surface area contributed by atoms with Gasteiger partial charge < -0.3 is 5.32 Å². The highest BCUT2D eigenvalue weighted by molar-refractivity contribution is 5.98. The summed E-state index contributed by atoms with van der Waals surface area (Å²) in [4.78, 5) is 29.2. The van der Waals surface area contributed by atoms with Crippen molar-refractivity contribution in [2.45, 2.75) is 19.4 Å². The maximum atomic E-state index is 12.3. The van der Waals surface area contributed by atoms with Crippen LogP contribution in [0.5, 0.6) is 0 Å². The molecular formula is C19H22N4O3. The summed E-state index contributed by atoms with van der Waals surface area (Å²) in [5.74, 6) is 0.0203. The molecule has 2 heterocycles. The second kappa shape index (κ2) is 8.53. The van der Waals surface area contributed by atoms with Crippen molar-refractivity contribution in [3.05, 3.63) is 70.0 Å². The third kappa shape index (κ3) is 4.64. The van der Waals surface area contributed by atoms with Gasteiger partial charge in [0.1, 0.15) is 5.56 Å². The van der Waals surface area contributed by atoms with E-state index in [1.807, 2.05) is 12.1 Å².